The molecule has 0 unspecified atom stereocenters. The molecular formula is C22H25NO3S2. The van der Waals surface area contributed by atoms with Gasteiger partial charge in [-0.15, -0.1) is 22.7 Å². The van der Waals surface area contributed by atoms with Crippen molar-refractivity contribution in [2.75, 3.05) is 0 Å². The van der Waals surface area contributed by atoms with Crippen LogP contribution in [0.4, 0.5) is 0 Å². The van der Waals surface area contributed by atoms with E-state index in [0.29, 0.717) is 30.4 Å². The van der Waals surface area contributed by atoms with E-state index in [0.717, 1.165) is 46.3 Å². The first-order chi connectivity index (χ1) is 13.5. The molecule has 2 heterocycles. The maximum absolute atomic E-state index is 13.0. The molecule has 1 N–H and O–H groups in total. The quantitative estimate of drug-likeness (QED) is 0.688. The average Bonchev–Trinajstić information content (AvgIpc) is 3.38. The van der Waals surface area contributed by atoms with Crippen LogP contribution < -0.4 is 0 Å². The number of aromatic nitrogens is 1. The molecule has 2 aromatic heterocycles. The van der Waals surface area contributed by atoms with Crippen LogP contribution in [0.3, 0.4) is 0 Å². The lowest BCUT2D eigenvalue weighted by atomic mass is 9.85. The maximum Gasteiger partial charge on any atom is 0.331 e. The number of carbonyl (C=O) groups excluding carboxylic acids is 1. The number of aryl methyl sites for hydroxylation is 1. The van der Waals surface area contributed by atoms with Gasteiger partial charge in [-0.1, -0.05) is 13.3 Å². The van der Waals surface area contributed by atoms with Crippen molar-refractivity contribution in [2.24, 2.45) is 5.92 Å². The Labute approximate surface area is 173 Å². The second kappa shape index (κ2) is 7.91. The molecule has 0 spiro atoms. The van der Waals surface area contributed by atoms with E-state index in [1.807, 2.05) is 6.92 Å². The number of hydrogen-bond acceptors (Lipinski definition) is 5. The number of carbonyl (C=O) groups is 2. The van der Waals surface area contributed by atoms with Gasteiger partial charge in [-0.25, -0.2) is 9.78 Å². The average molecular weight is 416 g/mol. The van der Waals surface area contributed by atoms with E-state index in [-0.39, 0.29) is 5.78 Å². The largest absolute Gasteiger partial charge is 0.478 e. The number of carboxylic acids is 1. The van der Waals surface area contributed by atoms with Crippen LogP contribution in [0, 0.1) is 12.8 Å². The SMILES string of the molecule is CC[C@H]1CCc2c(sc(CC(=O)C3=C(C(=O)O)CCC3)c2-c2nc(C)cs2)C1. The van der Waals surface area contributed by atoms with Crippen LogP contribution in [0.5, 0.6) is 0 Å². The molecule has 2 aromatic rings. The van der Waals surface area contributed by atoms with Crippen LogP contribution in [0.25, 0.3) is 10.6 Å². The molecule has 28 heavy (non-hydrogen) atoms. The Morgan fingerprint density at radius 3 is 2.71 bits per heavy atom. The third-order valence-electron chi connectivity index (χ3n) is 5.98. The molecule has 2 aliphatic carbocycles. The van der Waals surface area contributed by atoms with Crippen molar-refractivity contribution in [2.45, 2.75) is 65.2 Å². The van der Waals surface area contributed by atoms with Crippen LogP contribution in [0.15, 0.2) is 16.5 Å². The van der Waals surface area contributed by atoms with Gasteiger partial charge in [0.05, 0.1) is 0 Å². The molecule has 1 atom stereocenters. The number of Topliss-reactive ketones (excluding diaryl/α,β-unsaturated/α-hetero) is 1. The number of ketones is 1. The topological polar surface area (TPSA) is 67.3 Å². The molecule has 0 saturated heterocycles. The summed E-state index contributed by atoms with van der Waals surface area (Å²) in [6.07, 6.45) is 6.68. The summed E-state index contributed by atoms with van der Waals surface area (Å²) in [4.78, 5) is 31.7. The van der Waals surface area contributed by atoms with Crippen LogP contribution >= 0.6 is 22.7 Å². The fourth-order valence-electron chi connectivity index (χ4n) is 4.44. The molecule has 0 fully saturated rings. The number of thiophene rings is 1. The standard InChI is InChI=1S/C22H25NO3S2/c1-3-13-7-8-16-18(9-13)28-19(20(16)21-23-12(2)11-27-21)10-17(24)14-5-4-6-15(14)22(25)26/h11,13H,3-10H2,1-2H3,(H,25,26)/t13-/m0/s1. The van der Waals surface area contributed by atoms with Crippen molar-refractivity contribution in [3.63, 3.8) is 0 Å². The van der Waals surface area contributed by atoms with Gasteiger partial charge in [-0.05, 0) is 56.9 Å². The number of rotatable bonds is 6. The Balaban J connectivity index is 1.72. The zero-order chi connectivity index (χ0) is 19.8. The van der Waals surface area contributed by atoms with Crippen LogP contribution in [-0.4, -0.2) is 21.8 Å². The maximum atomic E-state index is 13.0. The van der Waals surface area contributed by atoms with Crippen LogP contribution in [0.1, 0.15) is 60.0 Å². The summed E-state index contributed by atoms with van der Waals surface area (Å²) >= 11 is 3.40. The third kappa shape index (κ3) is 3.60. The van der Waals surface area contributed by atoms with Gasteiger partial charge in [0, 0.05) is 44.0 Å². The van der Waals surface area contributed by atoms with Gasteiger partial charge in [0.1, 0.15) is 5.01 Å². The lowest BCUT2D eigenvalue weighted by molar-refractivity contribution is -0.133. The minimum Gasteiger partial charge on any atom is -0.478 e. The van der Waals surface area contributed by atoms with Crippen molar-refractivity contribution in [3.8, 4) is 10.6 Å². The van der Waals surface area contributed by atoms with Crippen molar-refractivity contribution >= 4 is 34.4 Å². The van der Waals surface area contributed by atoms with Crippen molar-refractivity contribution in [1.29, 1.82) is 0 Å². The first kappa shape index (κ1) is 19.5. The van der Waals surface area contributed by atoms with Gasteiger partial charge < -0.3 is 5.11 Å². The molecule has 0 aromatic carbocycles. The molecule has 148 valence electrons. The van der Waals surface area contributed by atoms with E-state index in [2.05, 4.69) is 12.3 Å². The van der Waals surface area contributed by atoms with E-state index >= 15 is 0 Å². The minimum atomic E-state index is -0.937. The number of fused-ring (bicyclic) bond motifs is 1. The lowest BCUT2D eigenvalue weighted by Gasteiger charge is -2.21. The summed E-state index contributed by atoms with van der Waals surface area (Å²) in [5, 5.41) is 12.5. The van der Waals surface area contributed by atoms with Gasteiger partial charge in [0.2, 0.25) is 0 Å². The fraction of sp³-hybridized carbons (Fsp3) is 0.500. The smallest absolute Gasteiger partial charge is 0.331 e. The summed E-state index contributed by atoms with van der Waals surface area (Å²) in [6.45, 7) is 4.25. The van der Waals surface area contributed by atoms with Crippen molar-refractivity contribution in [3.05, 3.63) is 37.5 Å². The molecule has 0 radical (unpaired) electrons. The monoisotopic (exact) mass is 415 g/mol. The Bertz CT molecular complexity index is 967. The molecule has 6 heteroatoms. The predicted octanol–water partition coefficient (Wildman–Crippen LogP) is 5.37. The first-order valence-electron chi connectivity index (χ1n) is 10.0. The van der Waals surface area contributed by atoms with Gasteiger partial charge in [0.25, 0.3) is 0 Å². The van der Waals surface area contributed by atoms with Gasteiger partial charge in [-0.3, -0.25) is 4.79 Å². The predicted molar refractivity (Wildman–Crippen MR) is 113 cm³/mol. The Morgan fingerprint density at radius 1 is 1.25 bits per heavy atom. The van der Waals surface area contributed by atoms with Gasteiger partial charge >= 0.3 is 5.97 Å². The molecule has 2 aliphatic rings. The lowest BCUT2D eigenvalue weighted by Crippen LogP contribution is -2.12. The molecule has 0 aliphatic heterocycles. The highest BCUT2D eigenvalue weighted by Crippen LogP contribution is 2.44. The molecule has 0 bridgehead atoms. The Hall–Kier alpha value is -1.79. The van der Waals surface area contributed by atoms with Gasteiger partial charge in [-0.2, -0.15) is 0 Å². The number of allylic oxidation sites excluding steroid dienone is 1. The first-order valence-corrected chi connectivity index (χ1v) is 11.7. The van der Waals surface area contributed by atoms with Gasteiger partial charge in [0.15, 0.2) is 5.78 Å². The summed E-state index contributed by atoms with van der Waals surface area (Å²) in [5.41, 5.74) is 4.41. The van der Waals surface area contributed by atoms with E-state index in [9.17, 15) is 14.7 Å². The highest BCUT2D eigenvalue weighted by Gasteiger charge is 2.30. The molecular weight excluding hydrogens is 390 g/mol. The molecule has 4 nitrogen and oxygen atoms in total. The number of aliphatic carboxylic acids is 1. The molecule has 0 saturated carbocycles. The second-order valence-electron chi connectivity index (χ2n) is 7.83. The molecule has 4 rings (SSSR count). The summed E-state index contributed by atoms with van der Waals surface area (Å²) in [7, 11) is 0. The number of nitrogens with zero attached hydrogens (tertiary/aromatic N) is 1. The van der Waals surface area contributed by atoms with E-state index in [4.69, 9.17) is 4.98 Å². The Kier molecular flexibility index (Phi) is 5.52. The summed E-state index contributed by atoms with van der Waals surface area (Å²) in [5.74, 6) is -0.236. The number of hydrogen-bond donors (Lipinski definition) is 1. The van der Waals surface area contributed by atoms with E-state index < -0.39 is 5.97 Å². The third-order valence-corrected chi connectivity index (χ3v) is 8.22. The summed E-state index contributed by atoms with van der Waals surface area (Å²) in [6, 6.07) is 0. The summed E-state index contributed by atoms with van der Waals surface area (Å²) < 4.78 is 0. The van der Waals surface area contributed by atoms with Crippen molar-refractivity contribution < 1.29 is 14.7 Å². The zero-order valence-electron chi connectivity index (χ0n) is 16.3. The zero-order valence-corrected chi connectivity index (χ0v) is 18.0. The van der Waals surface area contributed by atoms with Crippen LogP contribution in [0.2, 0.25) is 0 Å². The highest BCUT2D eigenvalue weighted by atomic mass is 32.1. The number of carboxylic acid groups (broad SMARTS) is 1. The number of thiazole rings is 1. The second-order valence-corrected chi connectivity index (χ2v) is 9.88. The van der Waals surface area contributed by atoms with E-state index in [1.165, 1.54) is 23.3 Å². The minimum absolute atomic E-state index is 0.0185. The molecule has 0 amide bonds. The fourth-order valence-corrected chi connectivity index (χ4v) is 6.87. The van der Waals surface area contributed by atoms with Crippen LogP contribution in [-0.2, 0) is 28.9 Å². The Morgan fingerprint density at radius 2 is 2.04 bits per heavy atom. The highest BCUT2D eigenvalue weighted by molar-refractivity contribution is 7.15. The van der Waals surface area contributed by atoms with E-state index in [1.54, 1.807) is 22.7 Å². The van der Waals surface area contributed by atoms with Crippen molar-refractivity contribution in [1.82, 2.24) is 4.98 Å². The normalized spacial score (nSPS) is 19.1.